The SMILES string of the molecule is C[C@@H](Oc1ccc([C@H]2CCC(=O)NC2=O)cc1)C1CCNCC1. The molecule has 5 nitrogen and oxygen atoms in total. The van der Waals surface area contributed by atoms with E-state index in [4.69, 9.17) is 4.74 Å². The van der Waals surface area contributed by atoms with Gasteiger partial charge in [0, 0.05) is 6.42 Å². The van der Waals surface area contributed by atoms with Gasteiger partial charge in [0.15, 0.2) is 0 Å². The number of imide groups is 1. The number of benzene rings is 1. The van der Waals surface area contributed by atoms with Crippen LogP contribution in [0.1, 0.15) is 44.1 Å². The Kier molecular flexibility index (Phi) is 4.96. The average Bonchev–Trinajstić information content (AvgIpc) is 2.57. The van der Waals surface area contributed by atoms with Gasteiger partial charge in [0.25, 0.3) is 0 Å². The zero-order valence-electron chi connectivity index (χ0n) is 13.5. The van der Waals surface area contributed by atoms with E-state index in [1.807, 2.05) is 24.3 Å². The molecule has 2 aliphatic heterocycles. The summed E-state index contributed by atoms with van der Waals surface area (Å²) >= 11 is 0. The van der Waals surface area contributed by atoms with Crippen molar-refractivity contribution in [2.75, 3.05) is 13.1 Å². The largest absolute Gasteiger partial charge is 0.490 e. The molecule has 0 bridgehead atoms. The second-order valence-electron chi connectivity index (χ2n) is 6.48. The maximum Gasteiger partial charge on any atom is 0.234 e. The smallest absolute Gasteiger partial charge is 0.234 e. The van der Waals surface area contributed by atoms with Crippen LogP contribution in [-0.2, 0) is 9.59 Å². The molecule has 2 aliphatic rings. The lowest BCUT2D eigenvalue weighted by atomic mass is 9.90. The Balaban J connectivity index is 1.60. The monoisotopic (exact) mass is 316 g/mol. The Morgan fingerprint density at radius 1 is 1.09 bits per heavy atom. The summed E-state index contributed by atoms with van der Waals surface area (Å²) < 4.78 is 6.06. The van der Waals surface area contributed by atoms with E-state index < -0.39 is 0 Å². The highest BCUT2D eigenvalue weighted by atomic mass is 16.5. The first-order chi connectivity index (χ1) is 11.1. The van der Waals surface area contributed by atoms with Gasteiger partial charge in [0.1, 0.15) is 5.75 Å². The van der Waals surface area contributed by atoms with E-state index in [0.717, 1.165) is 37.2 Å². The molecule has 0 saturated carbocycles. The minimum absolute atomic E-state index is 0.179. The van der Waals surface area contributed by atoms with Crippen LogP contribution >= 0.6 is 0 Å². The fourth-order valence-corrected chi connectivity index (χ4v) is 3.41. The van der Waals surface area contributed by atoms with E-state index in [-0.39, 0.29) is 23.8 Å². The molecule has 0 unspecified atom stereocenters. The number of piperidine rings is 2. The average molecular weight is 316 g/mol. The molecular formula is C18H24N2O3. The molecule has 2 atom stereocenters. The van der Waals surface area contributed by atoms with E-state index in [1.165, 1.54) is 0 Å². The molecule has 1 aromatic carbocycles. The number of nitrogens with one attached hydrogen (secondary N) is 2. The molecule has 2 N–H and O–H groups in total. The summed E-state index contributed by atoms with van der Waals surface area (Å²) in [5, 5.41) is 5.77. The van der Waals surface area contributed by atoms with Gasteiger partial charge in [-0.25, -0.2) is 0 Å². The van der Waals surface area contributed by atoms with Gasteiger partial charge in [-0.2, -0.15) is 0 Å². The third kappa shape index (κ3) is 3.91. The van der Waals surface area contributed by atoms with Gasteiger partial charge >= 0.3 is 0 Å². The Morgan fingerprint density at radius 2 is 1.78 bits per heavy atom. The summed E-state index contributed by atoms with van der Waals surface area (Å²) in [6.45, 7) is 4.25. The molecule has 5 heteroatoms. The lowest BCUT2D eigenvalue weighted by molar-refractivity contribution is -0.134. The number of ether oxygens (including phenoxy) is 1. The molecule has 0 aliphatic carbocycles. The minimum Gasteiger partial charge on any atom is -0.490 e. The van der Waals surface area contributed by atoms with Crippen LogP contribution in [0, 0.1) is 5.92 Å². The first-order valence-corrected chi connectivity index (χ1v) is 8.44. The van der Waals surface area contributed by atoms with Gasteiger partial charge in [-0.15, -0.1) is 0 Å². The van der Waals surface area contributed by atoms with Crippen LogP contribution < -0.4 is 15.4 Å². The van der Waals surface area contributed by atoms with Crippen LogP contribution in [0.5, 0.6) is 5.75 Å². The zero-order valence-corrected chi connectivity index (χ0v) is 13.5. The lowest BCUT2D eigenvalue weighted by Gasteiger charge is -2.28. The lowest BCUT2D eigenvalue weighted by Crippen LogP contribution is -2.39. The maximum atomic E-state index is 11.9. The van der Waals surface area contributed by atoms with Crippen LogP contribution in [0.15, 0.2) is 24.3 Å². The highest BCUT2D eigenvalue weighted by molar-refractivity contribution is 6.00. The number of amides is 2. The highest BCUT2D eigenvalue weighted by Crippen LogP contribution is 2.27. The van der Waals surface area contributed by atoms with Crippen LogP contribution in [-0.4, -0.2) is 31.0 Å². The number of hydrogen-bond donors (Lipinski definition) is 2. The molecule has 0 spiro atoms. The molecule has 2 saturated heterocycles. The first kappa shape index (κ1) is 16.0. The van der Waals surface area contributed by atoms with Gasteiger partial charge in [-0.3, -0.25) is 14.9 Å². The fraction of sp³-hybridized carbons (Fsp3) is 0.556. The minimum atomic E-state index is -0.233. The van der Waals surface area contributed by atoms with E-state index in [0.29, 0.717) is 18.8 Å². The third-order valence-corrected chi connectivity index (χ3v) is 4.89. The molecule has 0 aromatic heterocycles. The Labute approximate surface area is 136 Å². The quantitative estimate of drug-likeness (QED) is 0.834. The van der Waals surface area contributed by atoms with Gasteiger partial charge < -0.3 is 10.1 Å². The topological polar surface area (TPSA) is 67.4 Å². The molecule has 1 aromatic rings. The van der Waals surface area contributed by atoms with Crippen LogP contribution in [0.3, 0.4) is 0 Å². The molecular weight excluding hydrogens is 292 g/mol. The zero-order chi connectivity index (χ0) is 16.2. The van der Waals surface area contributed by atoms with Crippen molar-refractivity contribution in [3.63, 3.8) is 0 Å². The normalized spacial score (nSPS) is 24.1. The fourth-order valence-electron chi connectivity index (χ4n) is 3.41. The predicted octanol–water partition coefficient (Wildman–Crippen LogP) is 1.97. The van der Waals surface area contributed by atoms with E-state index >= 15 is 0 Å². The van der Waals surface area contributed by atoms with Crippen molar-refractivity contribution in [1.29, 1.82) is 0 Å². The summed E-state index contributed by atoms with van der Waals surface area (Å²) in [7, 11) is 0. The molecule has 2 amide bonds. The second kappa shape index (κ2) is 7.13. The van der Waals surface area contributed by atoms with Crippen LogP contribution in [0.2, 0.25) is 0 Å². The van der Waals surface area contributed by atoms with Crippen LogP contribution in [0.4, 0.5) is 0 Å². The third-order valence-electron chi connectivity index (χ3n) is 4.89. The Hall–Kier alpha value is -1.88. The number of carbonyl (C=O) groups excluding carboxylic acids is 2. The standard InChI is InChI=1S/C18H24N2O3/c1-12(13-8-10-19-11-9-13)23-15-4-2-14(3-5-15)16-6-7-17(21)20-18(16)22/h2-5,12-13,16,19H,6-11H2,1H3,(H,20,21,22)/t12-,16-/m1/s1. The predicted molar refractivity (Wildman–Crippen MR) is 87.3 cm³/mol. The van der Waals surface area contributed by atoms with Crippen molar-refractivity contribution in [2.45, 2.75) is 44.6 Å². The van der Waals surface area contributed by atoms with Gasteiger partial charge in [0.2, 0.25) is 11.8 Å². The molecule has 124 valence electrons. The van der Waals surface area contributed by atoms with Crippen molar-refractivity contribution in [3.05, 3.63) is 29.8 Å². The number of carbonyl (C=O) groups is 2. The van der Waals surface area contributed by atoms with Gasteiger partial charge in [0.05, 0.1) is 12.0 Å². The second-order valence-corrected chi connectivity index (χ2v) is 6.48. The highest BCUT2D eigenvalue weighted by Gasteiger charge is 2.28. The molecule has 3 rings (SSSR count). The Bertz CT molecular complexity index is 564. The summed E-state index contributed by atoms with van der Waals surface area (Å²) in [5.41, 5.74) is 0.942. The molecule has 23 heavy (non-hydrogen) atoms. The first-order valence-electron chi connectivity index (χ1n) is 8.44. The van der Waals surface area contributed by atoms with Gasteiger partial charge in [-0.1, -0.05) is 12.1 Å². The summed E-state index contributed by atoms with van der Waals surface area (Å²) in [4.78, 5) is 23.1. The van der Waals surface area contributed by atoms with Gasteiger partial charge in [-0.05, 0) is 62.9 Å². The number of hydrogen-bond acceptors (Lipinski definition) is 4. The van der Waals surface area contributed by atoms with E-state index in [1.54, 1.807) is 0 Å². The maximum absolute atomic E-state index is 11.9. The van der Waals surface area contributed by atoms with Crippen molar-refractivity contribution in [1.82, 2.24) is 10.6 Å². The van der Waals surface area contributed by atoms with Crippen molar-refractivity contribution < 1.29 is 14.3 Å². The summed E-state index contributed by atoms with van der Waals surface area (Å²) in [6, 6.07) is 7.72. The number of rotatable bonds is 4. The molecule has 2 fully saturated rings. The van der Waals surface area contributed by atoms with E-state index in [9.17, 15) is 9.59 Å². The van der Waals surface area contributed by atoms with Crippen LogP contribution in [0.25, 0.3) is 0 Å². The summed E-state index contributed by atoms with van der Waals surface area (Å²) in [5.74, 6) is 0.821. The van der Waals surface area contributed by atoms with Crippen molar-refractivity contribution in [3.8, 4) is 5.75 Å². The van der Waals surface area contributed by atoms with E-state index in [2.05, 4.69) is 17.6 Å². The summed E-state index contributed by atoms with van der Waals surface area (Å²) in [6.07, 6.45) is 3.47. The molecule has 2 heterocycles. The molecule has 0 radical (unpaired) electrons. The van der Waals surface area contributed by atoms with Crippen molar-refractivity contribution >= 4 is 11.8 Å². The van der Waals surface area contributed by atoms with Crippen molar-refractivity contribution in [2.24, 2.45) is 5.92 Å². The Morgan fingerprint density at radius 3 is 2.43 bits per heavy atom.